The molecule has 196 valence electrons. The molecule has 0 amide bonds. The monoisotopic (exact) mass is 579 g/mol. The zero-order valence-corrected chi connectivity index (χ0v) is 23.4. The molecule has 4 rings (SSSR count). The molecule has 0 unspecified atom stereocenters. The van der Waals surface area contributed by atoms with Gasteiger partial charge < -0.3 is 14.8 Å². The van der Waals surface area contributed by atoms with Crippen molar-refractivity contribution in [2.24, 2.45) is 0 Å². The highest BCUT2D eigenvalue weighted by Crippen LogP contribution is 2.30. The zero-order valence-electron chi connectivity index (χ0n) is 20.3. The SMILES string of the molecule is CCOc1cc(CNCCCSc2nnnn2-c2ccccc2)ccc1OCc1ccc(Cl)cc1Cl.Cl. The van der Waals surface area contributed by atoms with Crippen LogP contribution in [0.3, 0.4) is 0 Å². The van der Waals surface area contributed by atoms with E-state index in [9.17, 15) is 0 Å². The van der Waals surface area contributed by atoms with Gasteiger partial charge in [-0.2, -0.15) is 4.68 Å². The molecule has 11 heteroatoms. The van der Waals surface area contributed by atoms with Gasteiger partial charge in [-0.15, -0.1) is 17.5 Å². The number of hydrogen-bond donors (Lipinski definition) is 1. The van der Waals surface area contributed by atoms with E-state index in [0.29, 0.717) is 34.8 Å². The zero-order chi connectivity index (χ0) is 25.2. The van der Waals surface area contributed by atoms with E-state index in [1.807, 2.05) is 61.5 Å². The second-order valence-electron chi connectivity index (χ2n) is 7.83. The highest BCUT2D eigenvalue weighted by Gasteiger charge is 2.10. The van der Waals surface area contributed by atoms with Crippen molar-refractivity contribution in [3.05, 3.63) is 87.9 Å². The standard InChI is InChI=1S/C26H27Cl2N5O2S.ClH/c1-2-34-25-15-19(9-12-24(25)35-18-20-10-11-21(27)16-23(20)28)17-29-13-6-14-36-26-30-31-32-33(26)22-7-4-3-5-8-22;/h3-5,7-12,15-16,29H,2,6,13-14,17-18H2,1H3;1H. The Hall–Kier alpha value is -2.49. The van der Waals surface area contributed by atoms with Crippen LogP contribution >= 0.6 is 47.4 Å². The van der Waals surface area contributed by atoms with Crippen molar-refractivity contribution >= 4 is 47.4 Å². The number of rotatable bonds is 13. The Kier molecular flexibility index (Phi) is 11.8. The molecule has 4 aromatic rings. The van der Waals surface area contributed by atoms with Crippen LogP contribution in [0.25, 0.3) is 5.69 Å². The van der Waals surface area contributed by atoms with E-state index in [2.05, 4.69) is 20.8 Å². The average molecular weight is 581 g/mol. The number of benzene rings is 3. The predicted molar refractivity (Wildman–Crippen MR) is 152 cm³/mol. The summed E-state index contributed by atoms with van der Waals surface area (Å²) in [6.45, 7) is 4.44. The third kappa shape index (κ3) is 8.51. The Bertz CT molecular complexity index is 1260. The summed E-state index contributed by atoms with van der Waals surface area (Å²) < 4.78 is 13.6. The second-order valence-corrected chi connectivity index (χ2v) is 9.73. The molecule has 0 aliphatic carbocycles. The maximum atomic E-state index is 6.26. The van der Waals surface area contributed by atoms with E-state index < -0.39 is 0 Å². The van der Waals surface area contributed by atoms with Crippen molar-refractivity contribution in [2.75, 3.05) is 18.9 Å². The lowest BCUT2D eigenvalue weighted by Crippen LogP contribution is -2.15. The average Bonchev–Trinajstić information content (AvgIpc) is 3.36. The molecule has 0 aliphatic rings. The molecule has 1 aromatic heterocycles. The molecule has 0 bridgehead atoms. The molecule has 0 saturated carbocycles. The van der Waals surface area contributed by atoms with Gasteiger partial charge in [-0.25, -0.2) is 0 Å². The van der Waals surface area contributed by atoms with Crippen LogP contribution in [-0.2, 0) is 13.2 Å². The summed E-state index contributed by atoms with van der Waals surface area (Å²) in [5.74, 6) is 2.30. The second kappa shape index (κ2) is 15.1. The molecular weight excluding hydrogens is 553 g/mol. The van der Waals surface area contributed by atoms with Gasteiger partial charge in [0.2, 0.25) is 5.16 Å². The fourth-order valence-corrected chi connectivity index (χ4v) is 4.73. The lowest BCUT2D eigenvalue weighted by Gasteiger charge is -2.14. The van der Waals surface area contributed by atoms with Crippen LogP contribution in [0.5, 0.6) is 11.5 Å². The predicted octanol–water partition coefficient (Wildman–Crippen LogP) is 6.64. The van der Waals surface area contributed by atoms with Gasteiger partial charge >= 0.3 is 0 Å². The maximum Gasteiger partial charge on any atom is 0.214 e. The molecule has 0 radical (unpaired) electrons. The molecule has 0 saturated heterocycles. The summed E-state index contributed by atoms with van der Waals surface area (Å²) >= 11 is 13.9. The molecule has 0 atom stereocenters. The number of ether oxygens (including phenoxy) is 2. The Morgan fingerprint density at radius 2 is 1.81 bits per heavy atom. The minimum Gasteiger partial charge on any atom is -0.490 e. The fraction of sp³-hybridized carbons (Fsp3) is 0.269. The van der Waals surface area contributed by atoms with Crippen molar-refractivity contribution in [1.29, 1.82) is 0 Å². The molecule has 1 heterocycles. The van der Waals surface area contributed by atoms with Crippen molar-refractivity contribution in [1.82, 2.24) is 25.5 Å². The van der Waals surface area contributed by atoms with Crippen LogP contribution in [0, 0.1) is 0 Å². The van der Waals surface area contributed by atoms with Gasteiger partial charge in [0.1, 0.15) is 6.61 Å². The van der Waals surface area contributed by atoms with Crippen molar-refractivity contribution in [3.8, 4) is 17.2 Å². The van der Waals surface area contributed by atoms with Crippen molar-refractivity contribution in [3.63, 3.8) is 0 Å². The number of nitrogens with zero attached hydrogens (tertiary/aromatic N) is 4. The first-order valence-electron chi connectivity index (χ1n) is 11.6. The largest absolute Gasteiger partial charge is 0.490 e. The molecule has 0 spiro atoms. The quantitative estimate of drug-likeness (QED) is 0.140. The van der Waals surface area contributed by atoms with E-state index in [0.717, 1.165) is 47.2 Å². The fourth-order valence-electron chi connectivity index (χ4n) is 3.44. The molecular formula is C26H28Cl3N5O2S. The third-order valence-corrected chi connectivity index (χ3v) is 6.80. The smallest absolute Gasteiger partial charge is 0.214 e. The number of thioether (sulfide) groups is 1. The lowest BCUT2D eigenvalue weighted by molar-refractivity contribution is 0.269. The minimum absolute atomic E-state index is 0. The topological polar surface area (TPSA) is 74.1 Å². The third-order valence-electron chi connectivity index (χ3n) is 5.21. The van der Waals surface area contributed by atoms with Gasteiger partial charge in [0.15, 0.2) is 11.5 Å². The van der Waals surface area contributed by atoms with Crippen LogP contribution < -0.4 is 14.8 Å². The van der Waals surface area contributed by atoms with Gasteiger partial charge in [0.05, 0.1) is 12.3 Å². The van der Waals surface area contributed by atoms with Crippen molar-refractivity contribution < 1.29 is 9.47 Å². The van der Waals surface area contributed by atoms with E-state index in [-0.39, 0.29) is 12.4 Å². The first kappa shape index (κ1) is 29.1. The number of para-hydroxylation sites is 1. The lowest BCUT2D eigenvalue weighted by atomic mass is 10.2. The molecule has 3 aromatic carbocycles. The van der Waals surface area contributed by atoms with Gasteiger partial charge in [-0.05, 0) is 72.3 Å². The van der Waals surface area contributed by atoms with E-state index in [1.54, 1.807) is 28.6 Å². The molecule has 1 N–H and O–H groups in total. The summed E-state index contributed by atoms with van der Waals surface area (Å²) in [5, 5.41) is 17.5. The van der Waals surface area contributed by atoms with Crippen LogP contribution in [0.2, 0.25) is 10.0 Å². The Labute approximate surface area is 237 Å². The van der Waals surface area contributed by atoms with Crippen LogP contribution in [0.1, 0.15) is 24.5 Å². The molecule has 37 heavy (non-hydrogen) atoms. The van der Waals surface area contributed by atoms with Gasteiger partial charge in [0.25, 0.3) is 0 Å². The Morgan fingerprint density at radius 1 is 0.973 bits per heavy atom. The summed E-state index contributed by atoms with van der Waals surface area (Å²) in [7, 11) is 0. The highest BCUT2D eigenvalue weighted by molar-refractivity contribution is 7.99. The van der Waals surface area contributed by atoms with Crippen LogP contribution in [-0.4, -0.2) is 39.1 Å². The highest BCUT2D eigenvalue weighted by atomic mass is 35.5. The van der Waals surface area contributed by atoms with Crippen LogP contribution in [0.15, 0.2) is 71.9 Å². The van der Waals surface area contributed by atoms with E-state index >= 15 is 0 Å². The van der Waals surface area contributed by atoms with E-state index in [4.69, 9.17) is 32.7 Å². The van der Waals surface area contributed by atoms with Gasteiger partial charge in [-0.3, -0.25) is 0 Å². The van der Waals surface area contributed by atoms with E-state index in [1.165, 1.54) is 0 Å². The first-order chi connectivity index (χ1) is 17.6. The summed E-state index contributed by atoms with van der Waals surface area (Å²) in [6, 6.07) is 21.3. The Balaban J connectivity index is 0.00000380. The van der Waals surface area contributed by atoms with Crippen LogP contribution in [0.4, 0.5) is 0 Å². The number of hydrogen-bond acceptors (Lipinski definition) is 7. The maximum absolute atomic E-state index is 6.26. The van der Waals surface area contributed by atoms with Gasteiger partial charge in [-0.1, -0.05) is 65.3 Å². The normalized spacial score (nSPS) is 10.7. The molecule has 0 fully saturated rings. The summed E-state index contributed by atoms with van der Waals surface area (Å²) in [5.41, 5.74) is 2.94. The Morgan fingerprint density at radius 3 is 2.59 bits per heavy atom. The molecule has 0 aliphatic heterocycles. The molecule has 7 nitrogen and oxygen atoms in total. The number of nitrogens with one attached hydrogen (secondary N) is 1. The summed E-state index contributed by atoms with van der Waals surface area (Å²) in [6.07, 6.45) is 0.980. The van der Waals surface area contributed by atoms with Gasteiger partial charge in [0, 0.05) is 27.9 Å². The number of tetrazole rings is 1. The van der Waals surface area contributed by atoms with Crippen molar-refractivity contribution in [2.45, 2.75) is 31.7 Å². The number of aromatic nitrogens is 4. The minimum atomic E-state index is 0. The summed E-state index contributed by atoms with van der Waals surface area (Å²) in [4.78, 5) is 0. The first-order valence-corrected chi connectivity index (χ1v) is 13.4. The number of halogens is 3.